The molecule has 0 aromatic heterocycles. The number of hydrogen-bond acceptors (Lipinski definition) is 1. The molecule has 0 aliphatic carbocycles. The molecule has 0 atom stereocenters. The van der Waals surface area contributed by atoms with Gasteiger partial charge in [0.05, 0.1) is 7.11 Å². The minimum absolute atomic E-state index is 0.585. The molecule has 0 radical (unpaired) electrons. The minimum atomic E-state index is 0.585. The standard InChI is InChI=1S/C13H18O/c1-10(2)5-7-12-8-6-11(3)13(9-12)14-4/h5-10H,1-4H3/b7-5+. The second kappa shape index (κ2) is 4.85. The van der Waals surface area contributed by atoms with Crippen molar-refractivity contribution in [2.45, 2.75) is 20.8 Å². The van der Waals surface area contributed by atoms with Crippen LogP contribution in [0.5, 0.6) is 5.75 Å². The molecule has 1 nitrogen and oxygen atoms in total. The van der Waals surface area contributed by atoms with Gasteiger partial charge in [-0.1, -0.05) is 38.1 Å². The lowest BCUT2D eigenvalue weighted by molar-refractivity contribution is 0.411. The zero-order valence-electron chi connectivity index (χ0n) is 9.37. The predicted octanol–water partition coefficient (Wildman–Crippen LogP) is 3.67. The Morgan fingerprint density at radius 1 is 1.29 bits per heavy atom. The van der Waals surface area contributed by atoms with Crippen LogP contribution in [0.1, 0.15) is 25.0 Å². The lowest BCUT2D eigenvalue weighted by atomic mass is 10.1. The molecule has 0 heterocycles. The average molecular weight is 190 g/mol. The fraction of sp³-hybridized carbons (Fsp3) is 0.385. The Kier molecular flexibility index (Phi) is 3.75. The third kappa shape index (κ3) is 2.91. The molecule has 0 amide bonds. The Bertz CT molecular complexity index is 324. The number of ether oxygens (including phenoxy) is 1. The van der Waals surface area contributed by atoms with E-state index in [1.54, 1.807) is 7.11 Å². The van der Waals surface area contributed by atoms with Crippen molar-refractivity contribution in [3.8, 4) is 5.75 Å². The van der Waals surface area contributed by atoms with Crippen molar-refractivity contribution in [2.24, 2.45) is 5.92 Å². The van der Waals surface area contributed by atoms with Crippen LogP contribution in [-0.2, 0) is 0 Å². The highest BCUT2D eigenvalue weighted by Crippen LogP contribution is 2.19. The molecule has 0 bridgehead atoms. The first-order valence-electron chi connectivity index (χ1n) is 4.96. The van der Waals surface area contributed by atoms with Crippen LogP contribution in [0.4, 0.5) is 0 Å². The molecule has 1 heteroatoms. The van der Waals surface area contributed by atoms with Gasteiger partial charge in [-0.15, -0.1) is 0 Å². The summed E-state index contributed by atoms with van der Waals surface area (Å²) in [5.41, 5.74) is 2.37. The van der Waals surface area contributed by atoms with Crippen molar-refractivity contribution in [1.29, 1.82) is 0 Å². The van der Waals surface area contributed by atoms with Crippen LogP contribution in [0.3, 0.4) is 0 Å². The maximum Gasteiger partial charge on any atom is 0.122 e. The first-order valence-corrected chi connectivity index (χ1v) is 4.96. The van der Waals surface area contributed by atoms with Gasteiger partial charge in [-0.3, -0.25) is 0 Å². The summed E-state index contributed by atoms with van der Waals surface area (Å²) in [6.45, 7) is 6.39. The number of benzene rings is 1. The van der Waals surface area contributed by atoms with Gasteiger partial charge in [-0.2, -0.15) is 0 Å². The van der Waals surface area contributed by atoms with Gasteiger partial charge in [0.15, 0.2) is 0 Å². The van der Waals surface area contributed by atoms with Crippen LogP contribution < -0.4 is 4.74 Å². The summed E-state index contributed by atoms with van der Waals surface area (Å²) in [7, 11) is 1.71. The molecule has 0 saturated carbocycles. The number of allylic oxidation sites excluding steroid dienone is 1. The summed E-state index contributed by atoms with van der Waals surface area (Å²) in [6, 6.07) is 6.25. The summed E-state index contributed by atoms with van der Waals surface area (Å²) in [4.78, 5) is 0. The zero-order chi connectivity index (χ0) is 10.6. The maximum absolute atomic E-state index is 5.26. The Labute approximate surface area is 86.4 Å². The first kappa shape index (κ1) is 10.8. The highest BCUT2D eigenvalue weighted by atomic mass is 16.5. The molecule has 0 fully saturated rings. The molecule has 14 heavy (non-hydrogen) atoms. The van der Waals surface area contributed by atoms with E-state index in [-0.39, 0.29) is 0 Å². The highest BCUT2D eigenvalue weighted by Gasteiger charge is 1.97. The van der Waals surface area contributed by atoms with Crippen molar-refractivity contribution >= 4 is 6.08 Å². The molecule has 0 saturated heterocycles. The van der Waals surface area contributed by atoms with Gasteiger partial charge < -0.3 is 4.74 Å². The summed E-state index contributed by atoms with van der Waals surface area (Å²) >= 11 is 0. The molecular formula is C13H18O. The van der Waals surface area contributed by atoms with Crippen molar-refractivity contribution < 1.29 is 4.74 Å². The van der Waals surface area contributed by atoms with Crippen LogP contribution >= 0.6 is 0 Å². The van der Waals surface area contributed by atoms with Crippen LogP contribution in [0.15, 0.2) is 24.3 Å². The van der Waals surface area contributed by atoms with E-state index < -0.39 is 0 Å². The van der Waals surface area contributed by atoms with Crippen molar-refractivity contribution in [1.82, 2.24) is 0 Å². The number of methoxy groups -OCH3 is 1. The predicted molar refractivity (Wildman–Crippen MR) is 61.6 cm³/mol. The third-order valence-electron chi connectivity index (χ3n) is 2.11. The van der Waals surface area contributed by atoms with Gasteiger partial charge in [-0.25, -0.2) is 0 Å². The minimum Gasteiger partial charge on any atom is -0.496 e. The lowest BCUT2D eigenvalue weighted by Gasteiger charge is -2.05. The number of rotatable bonds is 3. The van der Waals surface area contributed by atoms with Gasteiger partial charge in [0.25, 0.3) is 0 Å². The maximum atomic E-state index is 5.26. The zero-order valence-corrected chi connectivity index (χ0v) is 9.37. The van der Waals surface area contributed by atoms with E-state index in [0.717, 1.165) is 5.75 Å². The fourth-order valence-electron chi connectivity index (χ4n) is 1.24. The van der Waals surface area contributed by atoms with Gasteiger partial charge in [-0.05, 0) is 30.0 Å². The summed E-state index contributed by atoms with van der Waals surface area (Å²) < 4.78 is 5.26. The SMILES string of the molecule is COc1cc(/C=C/C(C)C)ccc1C. The van der Waals surface area contributed by atoms with Crippen LogP contribution in [0.25, 0.3) is 6.08 Å². The quantitative estimate of drug-likeness (QED) is 0.706. The number of aryl methyl sites for hydroxylation is 1. The second-order valence-electron chi connectivity index (χ2n) is 3.83. The normalized spacial score (nSPS) is 11.2. The van der Waals surface area contributed by atoms with E-state index in [4.69, 9.17) is 4.74 Å². The largest absolute Gasteiger partial charge is 0.496 e. The molecule has 0 spiro atoms. The molecule has 0 N–H and O–H groups in total. The smallest absolute Gasteiger partial charge is 0.122 e. The first-order chi connectivity index (χ1) is 6.63. The van der Waals surface area contributed by atoms with Crippen molar-refractivity contribution in [3.05, 3.63) is 35.4 Å². The van der Waals surface area contributed by atoms with E-state index in [0.29, 0.717) is 5.92 Å². The Morgan fingerprint density at radius 3 is 2.57 bits per heavy atom. The van der Waals surface area contributed by atoms with Crippen LogP contribution in [0, 0.1) is 12.8 Å². The molecule has 0 unspecified atom stereocenters. The van der Waals surface area contributed by atoms with Crippen LogP contribution in [0.2, 0.25) is 0 Å². The summed E-state index contributed by atoms with van der Waals surface area (Å²) in [5.74, 6) is 1.54. The second-order valence-corrected chi connectivity index (χ2v) is 3.83. The van der Waals surface area contributed by atoms with E-state index in [1.807, 2.05) is 0 Å². The van der Waals surface area contributed by atoms with Gasteiger partial charge in [0, 0.05) is 0 Å². The average Bonchev–Trinajstić information content (AvgIpc) is 2.16. The van der Waals surface area contributed by atoms with Gasteiger partial charge in [0.2, 0.25) is 0 Å². The Balaban J connectivity index is 2.89. The van der Waals surface area contributed by atoms with E-state index in [1.165, 1.54) is 11.1 Å². The Hall–Kier alpha value is -1.24. The summed E-state index contributed by atoms with van der Waals surface area (Å²) in [5, 5.41) is 0. The van der Waals surface area contributed by atoms with Crippen LogP contribution in [-0.4, -0.2) is 7.11 Å². The van der Waals surface area contributed by atoms with Crippen molar-refractivity contribution in [3.63, 3.8) is 0 Å². The molecule has 1 rings (SSSR count). The highest BCUT2D eigenvalue weighted by molar-refractivity contribution is 5.53. The molecular weight excluding hydrogens is 172 g/mol. The molecule has 76 valence electrons. The van der Waals surface area contributed by atoms with Crippen molar-refractivity contribution in [2.75, 3.05) is 7.11 Å². The molecule has 1 aromatic carbocycles. The van der Waals surface area contributed by atoms with Gasteiger partial charge in [0.1, 0.15) is 5.75 Å². The lowest BCUT2D eigenvalue weighted by Crippen LogP contribution is -1.87. The summed E-state index contributed by atoms with van der Waals surface area (Å²) in [6.07, 6.45) is 4.32. The van der Waals surface area contributed by atoms with E-state index in [2.05, 4.69) is 51.1 Å². The Morgan fingerprint density at radius 2 is 2.00 bits per heavy atom. The van der Waals surface area contributed by atoms with E-state index in [9.17, 15) is 0 Å². The van der Waals surface area contributed by atoms with E-state index >= 15 is 0 Å². The molecule has 1 aromatic rings. The fourth-order valence-corrected chi connectivity index (χ4v) is 1.24. The molecule has 0 aliphatic rings. The van der Waals surface area contributed by atoms with Gasteiger partial charge >= 0.3 is 0 Å². The third-order valence-corrected chi connectivity index (χ3v) is 2.11. The number of hydrogen-bond donors (Lipinski definition) is 0. The topological polar surface area (TPSA) is 9.23 Å². The monoisotopic (exact) mass is 190 g/mol. The molecule has 0 aliphatic heterocycles.